The van der Waals surface area contributed by atoms with Crippen molar-refractivity contribution < 1.29 is 13.2 Å². The number of hydrogen-bond acceptors (Lipinski definition) is 5. The molecule has 0 N–H and O–H groups in total. The molecule has 0 saturated carbocycles. The fourth-order valence-corrected chi connectivity index (χ4v) is 3.98. The van der Waals surface area contributed by atoms with Crippen molar-refractivity contribution in [1.82, 2.24) is 24.5 Å². The molecule has 9 heteroatoms. The number of hydrogen-bond donors (Lipinski definition) is 0. The monoisotopic (exact) mass is 348 g/mol. The molecular formula is C16H15F3N6. The first-order valence-corrected chi connectivity index (χ1v) is 8.29. The maximum absolute atomic E-state index is 14.3. The van der Waals surface area contributed by atoms with Crippen LogP contribution in [0.1, 0.15) is 12.8 Å². The molecule has 2 aliphatic rings. The number of aromatic nitrogens is 4. The van der Waals surface area contributed by atoms with Gasteiger partial charge < -0.3 is 4.90 Å². The fraction of sp³-hybridized carbons (Fsp3) is 0.438. The van der Waals surface area contributed by atoms with E-state index >= 15 is 0 Å². The molecule has 130 valence electrons. The summed E-state index contributed by atoms with van der Waals surface area (Å²) >= 11 is 0. The second-order valence-corrected chi connectivity index (χ2v) is 6.59. The number of halogens is 3. The van der Waals surface area contributed by atoms with Crippen LogP contribution in [0, 0.1) is 17.5 Å². The average molecular weight is 348 g/mol. The van der Waals surface area contributed by atoms with Crippen molar-refractivity contribution in [3.8, 4) is 0 Å². The van der Waals surface area contributed by atoms with Gasteiger partial charge in [0.2, 0.25) is 5.65 Å². The summed E-state index contributed by atoms with van der Waals surface area (Å²) in [6, 6.07) is 1.36. The molecule has 2 aromatic heterocycles. The first-order valence-electron chi connectivity index (χ1n) is 8.29. The van der Waals surface area contributed by atoms with Gasteiger partial charge in [-0.2, -0.15) is 0 Å². The summed E-state index contributed by atoms with van der Waals surface area (Å²) in [5.41, 5.74) is 0.319. The molecule has 2 saturated heterocycles. The summed E-state index contributed by atoms with van der Waals surface area (Å²) in [5.74, 6) is -3.60. The second kappa shape index (κ2) is 5.29. The number of rotatable bonds is 1. The summed E-state index contributed by atoms with van der Waals surface area (Å²) in [5, 5.41) is 7.92. The van der Waals surface area contributed by atoms with Crippen molar-refractivity contribution in [3.63, 3.8) is 0 Å². The minimum Gasteiger partial charge on any atom is -0.351 e. The van der Waals surface area contributed by atoms with Crippen molar-refractivity contribution in [2.24, 2.45) is 0 Å². The lowest BCUT2D eigenvalue weighted by atomic mass is 10.1. The lowest BCUT2D eigenvalue weighted by molar-refractivity contribution is 0.230. The van der Waals surface area contributed by atoms with E-state index in [1.807, 2.05) is 4.90 Å². The summed E-state index contributed by atoms with van der Waals surface area (Å²) in [4.78, 5) is 8.79. The summed E-state index contributed by atoms with van der Waals surface area (Å²) in [7, 11) is 0. The van der Waals surface area contributed by atoms with Crippen molar-refractivity contribution in [3.05, 3.63) is 29.8 Å². The van der Waals surface area contributed by atoms with Crippen molar-refractivity contribution in [1.29, 1.82) is 0 Å². The zero-order chi connectivity index (χ0) is 17.1. The van der Waals surface area contributed by atoms with Gasteiger partial charge in [-0.25, -0.2) is 18.2 Å². The molecule has 2 aliphatic heterocycles. The van der Waals surface area contributed by atoms with Gasteiger partial charge in [-0.3, -0.25) is 9.30 Å². The topological polar surface area (TPSA) is 49.6 Å². The molecule has 1 unspecified atom stereocenters. The smallest absolute Gasteiger partial charge is 0.204 e. The van der Waals surface area contributed by atoms with Crippen LogP contribution in [0.4, 0.5) is 19.0 Å². The summed E-state index contributed by atoms with van der Waals surface area (Å²) in [6.45, 7) is 3.48. The molecule has 0 radical (unpaired) electrons. The van der Waals surface area contributed by atoms with Crippen LogP contribution < -0.4 is 4.90 Å². The normalized spacial score (nSPS) is 21.4. The molecular weight excluding hydrogens is 333 g/mol. The van der Waals surface area contributed by atoms with Gasteiger partial charge in [0.1, 0.15) is 11.8 Å². The Bertz CT molecular complexity index is 987. The lowest BCUT2D eigenvalue weighted by Crippen LogP contribution is -2.50. The standard InChI is InChI=1S/C16H15F3N6/c17-10-6-11-14(13(19)12(10)18)21-15(16-22-20-8-25(11)16)24-5-4-23-3-1-2-9(23)7-24/h6,8-9H,1-5,7H2. The molecule has 2 fully saturated rings. The van der Waals surface area contributed by atoms with Crippen LogP contribution in [-0.2, 0) is 0 Å². The summed E-state index contributed by atoms with van der Waals surface area (Å²) in [6.07, 6.45) is 3.65. The molecule has 25 heavy (non-hydrogen) atoms. The largest absolute Gasteiger partial charge is 0.351 e. The van der Waals surface area contributed by atoms with Crippen LogP contribution in [0.3, 0.4) is 0 Å². The van der Waals surface area contributed by atoms with Gasteiger partial charge in [0.15, 0.2) is 23.3 Å². The maximum Gasteiger partial charge on any atom is 0.204 e. The van der Waals surface area contributed by atoms with Gasteiger partial charge in [-0.05, 0) is 19.4 Å². The van der Waals surface area contributed by atoms with Crippen molar-refractivity contribution >= 4 is 22.5 Å². The Morgan fingerprint density at radius 3 is 2.84 bits per heavy atom. The van der Waals surface area contributed by atoms with Crippen LogP contribution in [0.5, 0.6) is 0 Å². The predicted octanol–water partition coefficient (Wildman–Crippen LogP) is 1.98. The van der Waals surface area contributed by atoms with E-state index in [9.17, 15) is 13.2 Å². The first kappa shape index (κ1) is 14.9. The van der Waals surface area contributed by atoms with Crippen molar-refractivity contribution in [2.75, 3.05) is 31.1 Å². The van der Waals surface area contributed by atoms with E-state index in [0.717, 1.165) is 38.7 Å². The molecule has 6 nitrogen and oxygen atoms in total. The Kier molecular flexibility index (Phi) is 3.15. The molecule has 4 heterocycles. The highest BCUT2D eigenvalue weighted by Gasteiger charge is 2.32. The third-order valence-corrected chi connectivity index (χ3v) is 5.23. The molecule has 0 aliphatic carbocycles. The van der Waals surface area contributed by atoms with E-state index in [1.54, 1.807) is 0 Å². The number of anilines is 1. The lowest BCUT2D eigenvalue weighted by Gasteiger charge is -2.38. The van der Waals surface area contributed by atoms with E-state index in [1.165, 1.54) is 17.1 Å². The van der Waals surface area contributed by atoms with Crippen LogP contribution in [-0.4, -0.2) is 56.7 Å². The zero-order valence-corrected chi connectivity index (χ0v) is 13.3. The number of nitrogens with zero attached hydrogens (tertiary/aromatic N) is 6. The Balaban J connectivity index is 1.70. The Morgan fingerprint density at radius 1 is 1.08 bits per heavy atom. The van der Waals surface area contributed by atoms with Crippen LogP contribution in [0.15, 0.2) is 12.4 Å². The van der Waals surface area contributed by atoms with Crippen LogP contribution in [0.2, 0.25) is 0 Å². The van der Waals surface area contributed by atoms with Gasteiger partial charge in [0.25, 0.3) is 0 Å². The third kappa shape index (κ3) is 2.11. The molecule has 1 atom stereocenters. The Morgan fingerprint density at radius 2 is 1.96 bits per heavy atom. The summed E-state index contributed by atoms with van der Waals surface area (Å²) < 4.78 is 43.1. The molecule has 3 aromatic rings. The maximum atomic E-state index is 14.3. The molecule has 0 amide bonds. The highest BCUT2D eigenvalue weighted by Crippen LogP contribution is 2.30. The van der Waals surface area contributed by atoms with Gasteiger partial charge in [-0.15, -0.1) is 10.2 Å². The number of fused-ring (bicyclic) bond motifs is 4. The van der Waals surface area contributed by atoms with Crippen LogP contribution in [0.25, 0.3) is 16.7 Å². The fourth-order valence-electron chi connectivity index (χ4n) is 3.98. The Hall–Kier alpha value is -2.42. The molecule has 0 bridgehead atoms. The predicted molar refractivity (Wildman–Crippen MR) is 85.0 cm³/mol. The third-order valence-electron chi connectivity index (χ3n) is 5.23. The van der Waals surface area contributed by atoms with E-state index in [2.05, 4.69) is 20.1 Å². The SMILES string of the molecule is Fc1cc2c(nc(N3CCN4CCCC4C3)c3nncn32)c(F)c1F. The minimum atomic E-state index is -1.51. The van der Waals surface area contributed by atoms with Gasteiger partial charge in [0, 0.05) is 31.7 Å². The van der Waals surface area contributed by atoms with Gasteiger partial charge in [-0.1, -0.05) is 0 Å². The molecule has 1 aromatic carbocycles. The average Bonchev–Trinajstić information content (AvgIpc) is 3.28. The highest BCUT2D eigenvalue weighted by atomic mass is 19.2. The van der Waals surface area contributed by atoms with Gasteiger partial charge >= 0.3 is 0 Å². The zero-order valence-electron chi connectivity index (χ0n) is 13.3. The van der Waals surface area contributed by atoms with E-state index in [-0.39, 0.29) is 11.0 Å². The van der Waals surface area contributed by atoms with Crippen LogP contribution >= 0.6 is 0 Å². The molecule has 5 rings (SSSR count). The second-order valence-electron chi connectivity index (χ2n) is 6.59. The Labute approximate surface area is 140 Å². The van der Waals surface area contributed by atoms with E-state index < -0.39 is 17.5 Å². The van der Waals surface area contributed by atoms with Crippen molar-refractivity contribution in [2.45, 2.75) is 18.9 Å². The number of piperazine rings is 1. The number of benzene rings is 1. The first-order chi connectivity index (χ1) is 12.1. The van der Waals surface area contributed by atoms with E-state index in [4.69, 9.17) is 0 Å². The molecule has 0 spiro atoms. The van der Waals surface area contributed by atoms with E-state index in [0.29, 0.717) is 17.5 Å². The minimum absolute atomic E-state index is 0.111. The van der Waals surface area contributed by atoms with Gasteiger partial charge in [0.05, 0.1) is 5.52 Å². The quantitative estimate of drug-likeness (QED) is 0.630. The highest BCUT2D eigenvalue weighted by molar-refractivity contribution is 5.83.